The minimum absolute atomic E-state index is 0.0902. The number of methoxy groups -OCH3 is 1. The molecule has 2 heteroatoms. The molecule has 0 aromatic carbocycles. The summed E-state index contributed by atoms with van der Waals surface area (Å²) in [6.07, 6.45) is 7.51. The van der Waals surface area contributed by atoms with E-state index >= 15 is 0 Å². The van der Waals surface area contributed by atoms with Crippen LogP contribution in [0.4, 0.5) is 0 Å². The zero-order valence-corrected chi connectivity index (χ0v) is 12.1. The highest BCUT2D eigenvalue weighted by molar-refractivity contribution is 4.95. The highest BCUT2D eigenvalue weighted by Crippen LogP contribution is 2.36. The Bertz CT molecular complexity index is 252. The van der Waals surface area contributed by atoms with Crippen LogP contribution < -0.4 is 0 Å². The Balaban J connectivity index is 2.57. The van der Waals surface area contributed by atoms with Gasteiger partial charge in [-0.05, 0) is 40.5 Å². The van der Waals surface area contributed by atoms with Gasteiger partial charge < -0.3 is 9.47 Å². The van der Waals surface area contributed by atoms with Gasteiger partial charge in [0.15, 0.2) is 0 Å². The van der Waals surface area contributed by atoms with Gasteiger partial charge in [0.25, 0.3) is 0 Å². The van der Waals surface area contributed by atoms with E-state index in [1.165, 1.54) is 31.3 Å². The standard InChI is InChI=1S/C15H28O2/c1-12(2)10-11-17-15(3,4)13-8-6-7-9-14(13)16-5/h10,13-14H,6-9,11H2,1-5H3. The quantitative estimate of drug-likeness (QED) is 0.677. The molecule has 0 bridgehead atoms. The fraction of sp³-hybridized carbons (Fsp3) is 0.867. The summed E-state index contributed by atoms with van der Waals surface area (Å²) < 4.78 is 11.7. The minimum Gasteiger partial charge on any atom is -0.381 e. The molecule has 100 valence electrons. The van der Waals surface area contributed by atoms with Crippen LogP contribution in [0.1, 0.15) is 53.4 Å². The lowest BCUT2D eigenvalue weighted by molar-refractivity contribution is -0.111. The van der Waals surface area contributed by atoms with Crippen molar-refractivity contribution in [2.24, 2.45) is 5.92 Å². The van der Waals surface area contributed by atoms with E-state index in [4.69, 9.17) is 9.47 Å². The first kappa shape index (κ1) is 14.7. The molecule has 17 heavy (non-hydrogen) atoms. The van der Waals surface area contributed by atoms with E-state index in [9.17, 15) is 0 Å². The summed E-state index contributed by atoms with van der Waals surface area (Å²) in [5.41, 5.74) is 1.22. The van der Waals surface area contributed by atoms with Crippen molar-refractivity contribution < 1.29 is 9.47 Å². The van der Waals surface area contributed by atoms with Crippen LogP contribution in [0.25, 0.3) is 0 Å². The van der Waals surface area contributed by atoms with Crippen molar-refractivity contribution in [1.29, 1.82) is 0 Å². The first-order chi connectivity index (χ1) is 7.97. The average Bonchev–Trinajstić information content (AvgIpc) is 2.28. The maximum absolute atomic E-state index is 6.06. The molecule has 0 aliphatic heterocycles. The van der Waals surface area contributed by atoms with Crippen molar-refractivity contribution >= 4 is 0 Å². The molecule has 1 aliphatic carbocycles. The van der Waals surface area contributed by atoms with E-state index in [0.717, 1.165) is 0 Å². The molecule has 1 rings (SSSR count). The Morgan fingerprint density at radius 2 is 1.88 bits per heavy atom. The number of hydrogen-bond acceptors (Lipinski definition) is 2. The summed E-state index contributed by atoms with van der Waals surface area (Å²) in [6.45, 7) is 9.33. The lowest BCUT2D eigenvalue weighted by Crippen LogP contribution is -2.44. The van der Waals surface area contributed by atoms with Gasteiger partial charge in [-0.15, -0.1) is 0 Å². The Labute approximate surface area is 106 Å². The molecule has 0 radical (unpaired) electrons. The lowest BCUT2D eigenvalue weighted by atomic mass is 9.76. The zero-order chi connectivity index (χ0) is 12.9. The van der Waals surface area contributed by atoms with Gasteiger partial charge in [-0.25, -0.2) is 0 Å². The minimum atomic E-state index is -0.0902. The van der Waals surface area contributed by atoms with Gasteiger partial charge in [0.05, 0.1) is 18.3 Å². The third kappa shape index (κ3) is 4.44. The van der Waals surface area contributed by atoms with Crippen LogP contribution in [0.3, 0.4) is 0 Å². The van der Waals surface area contributed by atoms with Crippen LogP contribution in [-0.4, -0.2) is 25.4 Å². The van der Waals surface area contributed by atoms with Gasteiger partial charge in [0.2, 0.25) is 0 Å². The molecule has 0 amide bonds. The van der Waals surface area contributed by atoms with Crippen molar-refractivity contribution in [2.75, 3.05) is 13.7 Å². The Hall–Kier alpha value is -0.340. The molecular formula is C15H28O2. The van der Waals surface area contributed by atoms with Crippen LogP contribution in [-0.2, 0) is 9.47 Å². The number of ether oxygens (including phenoxy) is 2. The van der Waals surface area contributed by atoms with E-state index in [1.807, 2.05) is 7.11 Å². The first-order valence-electron chi connectivity index (χ1n) is 6.77. The number of allylic oxidation sites excluding steroid dienone is 1. The molecule has 1 saturated carbocycles. The Morgan fingerprint density at radius 3 is 2.47 bits per heavy atom. The molecule has 1 aliphatic rings. The highest BCUT2D eigenvalue weighted by Gasteiger charge is 2.37. The van der Waals surface area contributed by atoms with Gasteiger partial charge in [0.1, 0.15) is 0 Å². The molecule has 0 aromatic heterocycles. The third-order valence-corrected chi connectivity index (χ3v) is 3.85. The van der Waals surface area contributed by atoms with Crippen LogP contribution in [0, 0.1) is 5.92 Å². The van der Waals surface area contributed by atoms with Gasteiger partial charge in [-0.3, -0.25) is 0 Å². The molecule has 0 aromatic rings. The maximum Gasteiger partial charge on any atom is 0.0683 e. The SMILES string of the molecule is COC1CCCCC1C(C)(C)OCC=C(C)C. The average molecular weight is 240 g/mol. The number of hydrogen-bond donors (Lipinski definition) is 0. The van der Waals surface area contributed by atoms with Gasteiger partial charge in [-0.2, -0.15) is 0 Å². The van der Waals surface area contributed by atoms with Gasteiger partial charge in [-0.1, -0.05) is 24.5 Å². The van der Waals surface area contributed by atoms with E-state index in [1.54, 1.807) is 0 Å². The maximum atomic E-state index is 6.06. The normalized spacial score (nSPS) is 25.7. The van der Waals surface area contributed by atoms with E-state index in [2.05, 4.69) is 33.8 Å². The molecular weight excluding hydrogens is 212 g/mol. The fourth-order valence-corrected chi connectivity index (χ4v) is 2.70. The van der Waals surface area contributed by atoms with Gasteiger partial charge in [0, 0.05) is 13.0 Å². The molecule has 2 unspecified atom stereocenters. The molecule has 0 heterocycles. The Kier molecular flexibility index (Phi) is 5.68. The molecule has 0 N–H and O–H groups in total. The van der Waals surface area contributed by atoms with Crippen molar-refractivity contribution in [3.63, 3.8) is 0 Å². The largest absolute Gasteiger partial charge is 0.381 e. The van der Waals surface area contributed by atoms with Crippen molar-refractivity contribution in [1.82, 2.24) is 0 Å². The van der Waals surface area contributed by atoms with Crippen molar-refractivity contribution in [3.8, 4) is 0 Å². The van der Waals surface area contributed by atoms with E-state index < -0.39 is 0 Å². The van der Waals surface area contributed by atoms with Crippen molar-refractivity contribution in [3.05, 3.63) is 11.6 Å². The molecule has 0 saturated heterocycles. The predicted molar refractivity (Wildman–Crippen MR) is 72.2 cm³/mol. The summed E-state index contributed by atoms with van der Waals surface area (Å²) in [4.78, 5) is 0. The van der Waals surface area contributed by atoms with Crippen LogP contribution in [0.15, 0.2) is 11.6 Å². The topological polar surface area (TPSA) is 18.5 Å². The zero-order valence-electron chi connectivity index (χ0n) is 12.1. The first-order valence-corrected chi connectivity index (χ1v) is 6.77. The lowest BCUT2D eigenvalue weighted by Gasteiger charge is -2.41. The second-order valence-corrected chi connectivity index (χ2v) is 5.86. The second kappa shape index (κ2) is 6.55. The summed E-state index contributed by atoms with van der Waals surface area (Å²) in [7, 11) is 1.83. The molecule has 1 fully saturated rings. The smallest absolute Gasteiger partial charge is 0.0683 e. The summed E-state index contributed by atoms with van der Waals surface area (Å²) in [5, 5.41) is 0. The summed E-state index contributed by atoms with van der Waals surface area (Å²) in [6, 6.07) is 0. The van der Waals surface area contributed by atoms with Gasteiger partial charge >= 0.3 is 0 Å². The molecule has 2 nitrogen and oxygen atoms in total. The predicted octanol–water partition coefficient (Wildman–Crippen LogP) is 3.95. The fourth-order valence-electron chi connectivity index (χ4n) is 2.70. The highest BCUT2D eigenvalue weighted by atomic mass is 16.5. The summed E-state index contributed by atoms with van der Waals surface area (Å²) >= 11 is 0. The summed E-state index contributed by atoms with van der Waals surface area (Å²) in [5.74, 6) is 0.520. The Morgan fingerprint density at radius 1 is 1.24 bits per heavy atom. The monoisotopic (exact) mass is 240 g/mol. The number of rotatable bonds is 5. The van der Waals surface area contributed by atoms with Crippen LogP contribution >= 0.6 is 0 Å². The van der Waals surface area contributed by atoms with E-state index in [0.29, 0.717) is 18.6 Å². The second-order valence-electron chi connectivity index (χ2n) is 5.86. The third-order valence-electron chi connectivity index (χ3n) is 3.85. The van der Waals surface area contributed by atoms with E-state index in [-0.39, 0.29) is 5.60 Å². The van der Waals surface area contributed by atoms with Crippen molar-refractivity contribution in [2.45, 2.75) is 65.1 Å². The molecule has 0 spiro atoms. The van der Waals surface area contributed by atoms with Crippen LogP contribution in [0.5, 0.6) is 0 Å². The van der Waals surface area contributed by atoms with Crippen LogP contribution in [0.2, 0.25) is 0 Å². The molecule has 2 atom stereocenters.